The molecule has 28 heavy (non-hydrogen) atoms. The summed E-state index contributed by atoms with van der Waals surface area (Å²) in [4.78, 5) is 24.2. The van der Waals surface area contributed by atoms with Gasteiger partial charge in [0.25, 0.3) is 5.91 Å². The second-order valence-electron chi connectivity index (χ2n) is 5.90. The molecule has 8 heteroatoms. The SMILES string of the molecule is CCOC(=O)c1cnn(-c2cccc(NC(=O)c3ccc(F)cc3F)c2)c1C. The normalized spacial score (nSPS) is 10.6. The lowest BCUT2D eigenvalue weighted by molar-refractivity contribution is 0.0525. The summed E-state index contributed by atoms with van der Waals surface area (Å²) in [6, 6.07) is 9.39. The Morgan fingerprint density at radius 3 is 2.64 bits per heavy atom. The van der Waals surface area contributed by atoms with Crippen LogP contribution in [0.4, 0.5) is 14.5 Å². The highest BCUT2D eigenvalue weighted by Gasteiger charge is 2.17. The third kappa shape index (κ3) is 3.90. The van der Waals surface area contributed by atoms with Crippen molar-refractivity contribution in [2.24, 2.45) is 0 Å². The molecule has 0 aliphatic carbocycles. The molecular weight excluding hydrogens is 368 g/mol. The van der Waals surface area contributed by atoms with Crippen LogP contribution in [0.3, 0.4) is 0 Å². The minimum Gasteiger partial charge on any atom is -0.462 e. The minimum absolute atomic E-state index is 0.255. The topological polar surface area (TPSA) is 73.2 Å². The van der Waals surface area contributed by atoms with Gasteiger partial charge in [-0.25, -0.2) is 18.3 Å². The summed E-state index contributed by atoms with van der Waals surface area (Å²) in [5.74, 6) is -2.89. The lowest BCUT2D eigenvalue weighted by Crippen LogP contribution is -2.14. The number of benzene rings is 2. The van der Waals surface area contributed by atoms with Gasteiger partial charge in [-0.2, -0.15) is 5.10 Å². The van der Waals surface area contributed by atoms with E-state index in [0.29, 0.717) is 28.7 Å². The van der Waals surface area contributed by atoms with Crippen LogP contribution in [-0.4, -0.2) is 28.3 Å². The average molecular weight is 385 g/mol. The number of rotatable bonds is 5. The molecule has 0 bridgehead atoms. The fourth-order valence-corrected chi connectivity index (χ4v) is 2.67. The van der Waals surface area contributed by atoms with Gasteiger partial charge < -0.3 is 10.1 Å². The molecule has 3 aromatic rings. The molecule has 3 rings (SSSR count). The third-order valence-electron chi connectivity index (χ3n) is 4.03. The smallest absolute Gasteiger partial charge is 0.341 e. The number of hydrogen-bond donors (Lipinski definition) is 1. The fourth-order valence-electron chi connectivity index (χ4n) is 2.67. The molecular formula is C20H17F2N3O3. The summed E-state index contributed by atoms with van der Waals surface area (Å²) >= 11 is 0. The molecule has 0 fully saturated rings. The molecule has 0 saturated heterocycles. The highest BCUT2D eigenvalue weighted by Crippen LogP contribution is 2.20. The molecule has 1 aromatic heterocycles. The van der Waals surface area contributed by atoms with Crippen molar-refractivity contribution in [3.63, 3.8) is 0 Å². The summed E-state index contributed by atoms with van der Waals surface area (Å²) in [5.41, 5.74) is 1.62. The minimum atomic E-state index is -0.948. The summed E-state index contributed by atoms with van der Waals surface area (Å²) in [7, 11) is 0. The van der Waals surface area contributed by atoms with Gasteiger partial charge in [-0.05, 0) is 44.2 Å². The van der Waals surface area contributed by atoms with Crippen molar-refractivity contribution >= 4 is 17.6 Å². The van der Waals surface area contributed by atoms with E-state index < -0.39 is 23.5 Å². The number of amides is 1. The van der Waals surface area contributed by atoms with Gasteiger partial charge in [0.2, 0.25) is 0 Å². The maximum Gasteiger partial charge on any atom is 0.341 e. The Morgan fingerprint density at radius 1 is 1.14 bits per heavy atom. The van der Waals surface area contributed by atoms with Crippen LogP contribution in [-0.2, 0) is 4.74 Å². The van der Waals surface area contributed by atoms with Crippen molar-refractivity contribution in [3.8, 4) is 5.69 Å². The number of hydrogen-bond acceptors (Lipinski definition) is 4. The van der Waals surface area contributed by atoms with E-state index in [-0.39, 0.29) is 12.2 Å². The number of nitrogens with zero attached hydrogens (tertiary/aromatic N) is 2. The van der Waals surface area contributed by atoms with E-state index in [1.54, 1.807) is 38.1 Å². The molecule has 6 nitrogen and oxygen atoms in total. The summed E-state index contributed by atoms with van der Waals surface area (Å²) in [6.07, 6.45) is 1.41. The molecule has 0 unspecified atom stereocenters. The van der Waals surface area contributed by atoms with Crippen LogP contribution < -0.4 is 5.32 Å². The van der Waals surface area contributed by atoms with Crippen molar-refractivity contribution in [2.45, 2.75) is 13.8 Å². The molecule has 0 saturated carbocycles. The number of carbonyl (C=O) groups is 2. The standard InChI is InChI=1S/C20H17F2N3O3/c1-3-28-20(27)17-11-23-25(12(17)2)15-6-4-5-14(10-15)24-19(26)16-8-7-13(21)9-18(16)22/h4-11H,3H2,1-2H3,(H,24,26). The zero-order chi connectivity index (χ0) is 20.3. The first-order valence-corrected chi connectivity index (χ1v) is 8.49. The van der Waals surface area contributed by atoms with Gasteiger partial charge in [0.05, 0.1) is 29.7 Å². The summed E-state index contributed by atoms with van der Waals surface area (Å²) in [5, 5.41) is 6.76. The van der Waals surface area contributed by atoms with Gasteiger partial charge in [-0.15, -0.1) is 0 Å². The molecule has 0 aliphatic heterocycles. The van der Waals surface area contributed by atoms with E-state index in [9.17, 15) is 18.4 Å². The van der Waals surface area contributed by atoms with E-state index in [4.69, 9.17) is 4.74 Å². The van der Waals surface area contributed by atoms with Gasteiger partial charge in [-0.1, -0.05) is 6.07 Å². The monoisotopic (exact) mass is 385 g/mol. The van der Waals surface area contributed by atoms with Crippen molar-refractivity contribution in [1.29, 1.82) is 0 Å². The van der Waals surface area contributed by atoms with Crippen molar-refractivity contribution in [1.82, 2.24) is 9.78 Å². The molecule has 0 radical (unpaired) electrons. The van der Waals surface area contributed by atoms with Gasteiger partial charge in [0.1, 0.15) is 17.2 Å². The maximum atomic E-state index is 13.8. The second kappa shape index (κ2) is 7.99. The van der Waals surface area contributed by atoms with Crippen LogP contribution in [0.5, 0.6) is 0 Å². The first-order chi connectivity index (χ1) is 13.4. The summed E-state index contributed by atoms with van der Waals surface area (Å²) < 4.78 is 33.3. The highest BCUT2D eigenvalue weighted by atomic mass is 19.1. The Hall–Kier alpha value is -3.55. The van der Waals surface area contributed by atoms with Gasteiger partial charge >= 0.3 is 5.97 Å². The molecule has 2 aromatic carbocycles. The van der Waals surface area contributed by atoms with Gasteiger partial charge in [0.15, 0.2) is 0 Å². The molecule has 144 valence electrons. The van der Waals surface area contributed by atoms with E-state index in [0.717, 1.165) is 12.1 Å². The van der Waals surface area contributed by atoms with Crippen LogP contribution in [0.15, 0.2) is 48.7 Å². The molecule has 0 aliphatic rings. The zero-order valence-corrected chi connectivity index (χ0v) is 15.2. The Kier molecular flexibility index (Phi) is 5.49. The first-order valence-electron chi connectivity index (χ1n) is 8.49. The van der Waals surface area contributed by atoms with Crippen molar-refractivity contribution < 1.29 is 23.1 Å². The Balaban J connectivity index is 1.85. The van der Waals surface area contributed by atoms with Crippen LogP contribution in [0, 0.1) is 18.6 Å². The lowest BCUT2D eigenvalue weighted by Gasteiger charge is -2.10. The predicted molar refractivity (Wildman–Crippen MR) is 98.6 cm³/mol. The third-order valence-corrected chi connectivity index (χ3v) is 4.03. The highest BCUT2D eigenvalue weighted by molar-refractivity contribution is 6.04. The first kappa shape index (κ1) is 19.2. The molecule has 0 atom stereocenters. The second-order valence-corrected chi connectivity index (χ2v) is 5.90. The van der Waals surface area contributed by atoms with Crippen molar-refractivity contribution in [2.75, 3.05) is 11.9 Å². The number of anilines is 1. The number of aromatic nitrogens is 2. The van der Waals surface area contributed by atoms with Gasteiger partial charge in [-0.3, -0.25) is 4.79 Å². The number of ether oxygens (including phenoxy) is 1. The number of esters is 1. The summed E-state index contributed by atoms with van der Waals surface area (Å²) in [6.45, 7) is 3.69. The number of carbonyl (C=O) groups excluding carboxylic acids is 2. The van der Waals surface area contributed by atoms with Crippen molar-refractivity contribution in [3.05, 3.63) is 77.1 Å². The van der Waals surface area contributed by atoms with Gasteiger partial charge in [0, 0.05) is 11.8 Å². The zero-order valence-electron chi connectivity index (χ0n) is 15.2. The Labute approximate surface area is 159 Å². The fraction of sp³-hybridized carbons (Fsp3) is 0.150. The number of nitrogens with one attached hydrogen (secondary N) is 1. The van der Waals surface area contributed by atoms with E-state index in [1.165, 1.54) is 10.9 Å². The van der Waals surface area contributed by atoms with Crippen LogP contribution in [0.2, 0.25) is 0 Å². The lowest BCUT2D eigenvalue weighted by atomic mass is 10.2. The van der Waals surface area contributed by atoms with E-state index in [2.05, 4.69) is 10.4 Å². The Bertz CT molecular complexity index is 1050. The number of halogens is 2. The quantitative estimate of drug-likeness (QED) is 0.677. The Morgan fingerprint density at radius 2 is 1.93 bits per heavy atom. The average Bonchev–Trinajstić information content (AvgIpc) is 3.03. The largest absolute Gasteiger partial charge is 0.462 e. The van der Waals surface area contributed by atoms with E-state index in [1.807, 2.05) is 0 Å². The van der Waals surface area contributed by atoms with E-state index >= 15 is 0 Å². The van der Waals surface area contributed by atoms with Crippen LogP contribution in [0.25, 0.3) is 5.69 Å². The molecule has 1 amide bonds. The van der Waals surface area contributed by atoms with Crippen LogP contribution >= 0.6 is 0 Å². The molecule has 1 N–H and O–H groups in total. The predicted octanol–water partition coefficient (Wildman–Crippen LogP) is 3.89. The maximum absolute atomic E-state index is 13.8. The molecule has 1 heterocycles. The van der Waals surface area contributed by atoms with Crippen LogP contribution in [0.1, 0.15) is 33.3 Å². The molecule has 0 spiro atoms.